The van der Waals surface area contributed by atoms with Crippen LogP contribution < -0.4 is 0 Å². The summed E-state index contributed by atoms with van der Waals surface area (Å²) < 4.78 is 7.52. The van der Waals surface area contributed by atoms with Crippen LogP contribution in [0.5, 0.6) is 0 Å². The number of carbonyl (C=O) groups excluding carboxylic acids is 1. The van der Waals surface area contributed by atoms with E-state index in [2.05, 4.69) is 19.1 Å². The third-order valence-electron chi connectivity index (χ3n) is 5.66. The number of carbonyl (C=O) groups is 1. The lowest BCUT2D eigenvalue weighted by Crippen LogP contribution is -2.65. The molecule has 0 N–H and O–H groups in total. The van der Waals surface area contributed by atoms with E-state index in [1.807, 2.05) is 21.7 Å². The molecule has 2 fully saturated rings. The second-order valence-corrected chi connectivity index (χ2v) is 7.12. The topological polar surface area (TPSA) is 47.4 Å². The van der Waals surface area contributed by atoms with Gasteiger partial charge < -0.3 is 9.64 Å². The zero-order valence-corrected chi connectivity index (χ0v) is 13.9. The van der Waals surface area contributed by atoms with E-state index in [-0.39, 0.29) is 18.0 Å². The SMILES string of the molecule is Cc1ccccc1-n1nc(C(=O)N2C3COCC2C3)c2c1CCC2. The molecule has 0 saturated carbocycles. The molecule has 3 aliphatic rings. The van der Waals surface area contributed by atoms with Crippen LogP contribution in [-0.2, 0) is 17.6 Å². The molecule has 5 heteroatoms. The number of aryl methyl sites for hydroxylation is 1. The second-order valence-electron chi connectivity index (χ2n) is 7.12. The van der Waals surface area contributed by atoms with Crippen LogP contribution in [0.15, 0.2) is 24.3 Å². The molecule has 2 bridgehead atoms. The number of morpholine rings is 1. The van der Waals surface area contributed by atoms with Gasteiger partial charge in [-0.05, 0) is 44.2 Å². The molecule has 1 aromatic carbocycles. The maximum absolute atomic E-state index is 13.1. The first-order valence-corrected chi connectivity index (χ1v) is 8.81. The highest BCUT2D eigenvalue weighted by Gasteiger charge is 2.47. The predicted molar refractivity (Wildman–Crippen MR) is 89.5 cm³/mol. The first-order chi connectivity index (χ1) is 11.7. The molecule has 0 spiro atoms. The molecule has 2 aromatic rings. The molecule has 2 atom stereocenters. The number of ether oxygens (including phenoxy) is 1. The summed E-state index contributed by atoms with van der Waals surface area (Å²) in [4.78, 5) is 15.1. The van der Waals surface area contributed by atoms with E-state index in [0.717, 1.165) is 36.9 Å². The van der Waals surface area contributed by atoms with Crippen LogP contribution in [0.3, 0.4) is 0 Å². The fourth-order valence-electron chi connectivity index (χ4n) is 4.40. The summed E-state index contributed by atoms with van der Waals surface area (Å²) in [6.07, 6.45) is 4.14. The number of rotatable bonds is 2. The van der Waals surface area contributed by atoms with Crippen molar-refractivity contribution in [3.8, 4) is 5.69 Å². The van der Waals surface area contributed by atoms with Crippen LogP contribution in [0.1, 0.15) is 40.2 Å². The fraction of sp³-hybridized carbons (Fsp3) is 0.474. The van der Waals surface area contributed by atoms with Crippen LogP contribution in [0.25, 0.3) is 5.69 Å². The van der Waals surface area contributed by atoms with E-state index in [0.29, 0.717) is 18.9 Å². The van der Waals surface area contributed by atoms with Crippen molar-refractivity contribution in [2.75, 3.05) is 13.2 Å². The van der Waals surface area contributed by atoms with E-state index >= 15 is 0 Å². The summed E-state index contributed by atoms with van der Waals surface area (Å²) in [7, 11) is 0. The van der Waals surface area contributed by atoms with Gasteiger partial charge in [-0.25, -0.2) is 4.68 Å². The van der Waals surface area contributed by atoms with Crippen molar-refractivity contribution in [2.45, 2.75) is 44.7 Å². The molecule has 5 nitrogen and oxygen atoms in total. The van der Waals surface area contributed by atoms with Gasteiger partial charge in [-0.15, -0.1) is 0 Å². The highest BCUT2D eigenvalue weighted by molar-refractivity contribution is 5.95. The van der Waals surface area contributed by atoms with Crippen molar-refractivity contribution in [2.24, 2.45) is 0 Å². The summed E-state index contributed by atoms with van der Waals surface area (Å²) in [5.74, 6) is 0.102. The van der Waals surface area contributed by atoms with Crippen LogP contribution in [0.4, 0.5) is 0 Å². The lowest BCUT2D eigenvalue weighted by molar-refractivity contribution is -0.104. The standard InChI is InChI=1S/C19H21N3O2/c1-12-5-2-3-7-16(12)22-17-8-4-6-15(17)18(20-22)19(23)21-13-9-14(21)11-24-10-13/h2-3,5,7,13-14H,4,6,8-11H2,1H3. The van der Waals surface area contributed by atoms with Gasteiger partial charge in [0.25, 0.3) is 5.91 Å². The summed E-state index contributed by atoms with van der Waals surface area (Å²) in [5, 5.41) is 4.78. The first kappa shape index (κ1) is 14.2. The first-order valence-electron chi connectivity index (χ1n) is 8.81. The van der Waals surface area contributed by atoms with Crippen molar-refractivity contribution < 1.29 is 9.53 Å². The normalized spacial score (nSPS) is 24.6. The Hall–Kier alpha value is -2.14. The summed E-state index contributed by atoms with van der Waals surface area (Å²) in [6, 6.07) is 8.74. The third-order valence-corrected chi connectivity index (χ3v) is 5.66. The Morgan fingerprint density at radius 2 is 2.00 bits per heavy atom. The van der Waals surface area contributed by atoms with Gasteiger partial charge in [0, 0.05) is 11.3 Å². The molecule has 5 rings (SSSR count). The van der Waals surface area contributed by atoms with Gasteiger partial charge in [-0.1, -0.05) is 18.2 Å². The zero-order chi connectivity index (χ0) is 16.3. The molecule has 2 unspecified atom stereocenters. The zero-order valence-electron chi connectivity index (χ0n) is 13.9. The van der Waals surface area contributed by atoms with Crippen LogP contribution in [0, 0.1) is 6.92 Å². The van der Waals surface area contributed by atoms with Crippen LogP contribution >= 0.6 is 0 Å². The van der Waals surface area contributed by atoms with Crippen molar-refractivity contribution in [3.63, 3.8) is 0 Å². The monoisotopic (exact) mass is 323 g/mol. The maximum atomic E-state index is 13.1. The van der Waals surface area contributed by atoms with Gasteiger partial charge in [-0.2, -0.15) is 5.10 Å². The number of hydrogen-bond donors (Lipinski definition) is 0. The van der Waals surface area contributed by atoms with Gasteiger partial charge in [0.2, 0.25) is 0 Å². The van der Waals surface area contributed by atoms with E-state index in [4.69, 9.17) is 9.84 Å². The molecule has 2 saturated heterocycles. The number of benzene rings is 1. The molecule has 1 amide bonds. The van der Waals surface area contributed by atoms with Gasteiger partial charge in [-0.3, -0.25) is 4.79 Å². The number of hydrogen-bond acceptors (Lipinski definition) is 3. The van der Waals surface area contributed by atoms with Crippen molar-refractivity contribution in [3.05, 3.63) is 46.8 Å². The van der Waals surface area contributed by atoms with E-state index in [1.165, 1.54) is 11.3 Å². The molecule has 2 aliphatic heterocycles. The minimum absolute atomic E-state index is 0.102. The van der Waals surface area contributed by atoms with Gasteiger partial charge >= 0.3 is 0 Å². The van der Waals surface area contributed by atoms with Crippen molar-refractivity contribution >= 4 is 5.91 Å². The predicted octanol–water partition coefficient (Wildman–Crippen LogP) is 2.28. The molecule has 0 radical (unpaired) electrons. The van der Waals surface area contributed by atoms with Gasteiger partial charge in [0.05, 0.1) is 31.0 Å². The van der Waals surface area contributed by atoms with Crippen LogP contribution in [-0.4, -0.2) is 45.9 Å². The Kier molecular flexibility index (Phi) is 3.07. The summed E-state index contributed by atoms with van der Waals surface area (Å²) in [6.45, 7) is 3.43. The number of fused-ring (bicyclic) bond motifs is 3. The van der Waals surface area contributed by atoms with E-state index < -0.39 is 0 Å². The Morgan fingerprint density at radius 1 is 1.21 bits per heavy atom. The van der Waals surface area contributed by atoms with Gasteiger partial charge in [0.1, 0.15) is 0 Å². The van der Waals surface area contributed by atoms with Crippen molar-refractivity contribution in [1.29, 1.82) is 0 Å². The Morgan fingerprint density at radius 3 is 2.75 bits per heavy atom. The average Bonchev–Trinajstić information content (AvgIpc) is 3.18. The highest BCUT2D eigenvalue weighted by Crippen LogP contribution is 2.35. The van der Waals surface area contributed by atoms with Crippen molar-refractivity contribution in [1.82, 2.24) is 14.7 Å². The Labute approximate surface area is 141 Å². The fourth-order valence-corrected chi connectivity index (χ4v) is 4.40. The molecule has 24 heavy (non-hydrogen) atoms. The summed E-state index contributed by atoms with van der Waals surface area (Å²) in [5.41, 5.74) is 5.32. The minimum atomic E-state index is 0.102. The quantitative estimate of drug-likeness (QED) is 0.852. The van der Waals surface area contributed by atoms with E-state index in [1.54, 1.807) is 0 Å². The largest absolute Gasteiger partial charge is 0.377 e. The lowest BCUT2D eigenvalue weighted by atomic mass is 9.90. The Bertz CT molecular complexity index is 812. The molecule has 1 aliphatic carbocycles. The number of aromatic nitrogens is 2. The Balaban J connectivity index is 1.57. The van der Waals surface area contributed by atoms with E-state index in [9.17, 15) is 4.79 Å². The second kappa shape index (κ2) is 5.18. The molecule has 124 valence electrons. The van der Waals surface area contributed by atoms with Crippen LogP contribution in [0.2, 0.25) is 0 Å². The molecular formula is C19H21N3O2. The van der Waals surface area contributed by atoms with Gasteiger partial charge in [0.15, 0.2) is 5.69 Å². The average molecular weight is 323 g/mol. The number of para-hydroxylation sites is 1. The maximum Gasteiger partial charge on any atom is 0.275 e. The smallest absolute Gasteiger partial charge is 0.275 e. The number of amides is 1. The molecular weight excluding hydrogens is 302 g/mol. The third kappa shape index (κ3) is 1.91. The number of nitrogens with zero attached hydrogens (tertiary/aromatic N) is 3. The lowest BCUT2D eigenvalue weighted by Gasteiger charge is -2.52. The summed E-state index contributed by atoms with van der Waals surface area (Å²) >= 11 is 0. The minimum Gasteiger partial charge on any atom is -0.377 e. The molecule has 1 aromatic heterocycles. The molecule has 3 heterocycles. The highest BCUT2D eigenvalue weighted by atomic mass is 16.5.